The molecule has 262 valence electrons. The Labute approximate surface area is 317 Å². The number of fused-ring (bicyclic) bond motifs is 1. The monoisotopic (exact) mass is 699 g/mol. The van der Waals surface area contributed by atoms with Gasteiger partial charge in [-0.15, -0.1) is 0 Å². The number of hydrogen-bond donors (Lipinski definition) is 3. The predicted octanol–water partition coefficient (Wildman–Crippen LogP) is 12.0. The number of nitrogens with two attached hydrogens (primary N) is 1. The maximum Gasteiger partial charge on any atom is 0.145 e. The summed E-state index contributed by atoms with van der Waals surface area (Å²) in [5.74, 6) is 7.52. The average molecular weight is 700 g/mol. The van der Waals surface area contributed by atoms with Gasteiger partial charge in [0.25, 0.3) is 0 Å². The number of para-hydroxylation sites is 1. The summed E-state index contributed by atoms with van der Waals surface area (Å²) >= 11 is 0. The Morgan fingerprint density at radius 3 is 1.61 bits per heavy atom. The summed E-state index contributed by atoms with van der Waals surface area (Å²) in [6.45, 7) is 1.07. The van der Waals surface area contributed by atoms with Crippen LogP contribution in [0, 0.1) is 0 Å². The van der Waals surface area contributed by atoms with Crippen LogP contribution in [0.2, 0.25) is 0 Å². The van der Waals surface area contributed by atoms with E-state index < -0.39 is 0 Å². The standard InChI is InChI=1S/C49H41N5/c50-54(49(40-22-12-4-13-23-40)51-34-36-16-6-1-7-17-36)35-37-26-27-42-31-44(29-28-41(42)30-37)53-48-33-47(52-43-24-14-5-15-25-43)45(38-18-8-2-9-19-38)32-46(48)39-20-10-3-11-21-39/h1-33,52-53H,34-35,50H2/b51-49-. The average Bonchev–Trinajstić information content (AvgIpc) is 3.23. The maximum absolute atomic E-state index is 6.76. The second-order valence-electron chi connectivity index (χ2n) is 13.3. The van der Waals surface area contributed by atoms with Crippen molar-refractivity contribution in [2.45, 2.75) is 13.1 Å². The second-order valence-corrected chi connectivity index (χ2v) is 13.3. The molecule has 0 heterocycles. The van der Waals surface area contributed by atoms with Gasteiger partial charge in [0, 0.05) is 39.4 Å². The summed E-state index contributed by atoms with van der Waals surface area (Å²) in [5, 5.41) is 11.5. The van der Waals surface area contributed by atoms with Crippen LogP contribution in [0.3, 0.4) is 0 Å². The lowest BCUT2D eigenvalue weighted by molar-refractivity contribution is 0.433. The van der Waals surface area contributed by atoms with Gasteiger partial charge in [-0.2, -0.15) is 0 Å². The molecule has 0 unspecified atom stereocenters. The molecule has 0 aromatic heterocycles. The molecule has 54 heavy (non-hydrogen) atoms. The zero-order valence-corrected chi connectivity index (χ0v) is 29.9. The molecule has 5 nitrogen and oxygen atoms in total. The molecule has 0 aliphatic carbocycles. The van der Waals surface area contributed by atoms with Gasteiger partial charge in [0.1, 0.15) is 5.84 Å². The number of anilines is 4. The van der Waals surface area contributed by atoms with Crippen molar-refractivity contribution < 1.29 is 0 Å². The van der Waals surface area contributed by atoms with E-state index >= 15 is 0 Å². The number of amidine groups is 1. The quantitative estimate of drug-likeness (QED) is 0.0544. The van der Waals surface area contributed by atoms with E-state index in [4.69, 9.17) is 10.8 Å². The Morgan fingerprint density at radius 2 is 0.981 bits per heavy atom. The van der Waals surface area contributed by atoms with Crippen molar-refractivity contribution >= 4 is 39.4 Å². The van der Waals surface area contributed by atoms with Gasteiger partial charge in [-0.1, -0.05) is 158 Å². The number of hydrogen-bond acceptors (Lipinski definition) is 4. The molecule has 0 saturated carbocycles. The van der Waals surface area contributed by atoms with Crippen molar-refractivity contribution in [3.63, 3.8) is 0 Å². The molecule has 4 N–H and O–H groups in total. The van der Waals surface area contributed by atoms with Gasteiger partial charge in [-0.3, -0.25) is 10.0 Å². The third-order valence-electron chi connectivity index (χ3n) is 9.47. The molecule has 8 aromatic carbocycles. The van der Waals surface area contributed by atoms with Gasteiger partial charge in [-0.25, -0.2) is 5.84 Å². The summed E-state index contributed by atoms with van der Waals surface area (Å²) in [7, 11) is 0. The fourth-order valence-corrected chi connectivity index (χ4v) is 6.78. The summed E-state index contributed by atoms with van der Waals surface area (Å²) < 4.78 is 0. The van der Waals surface area contributed by atoms with Crippen LogP contribution in [0.4, 0.5) is 22.7 Å². The van der Waals surface area contributed by atoms with Crippen molar-refractivity contribution in [2.75, 3.05) is 10.6 Å². The molecule has 5 heteroatoms. The van der Waals surface area contributed by atoms with Gasteiger partial charge in [0.2, 0.25) is 0 Å². The minimum atomic E-state index is 0.518. The topological polar surface area (TPSA) is 65.7 Å². The first-order chi connectivity index (χ1) is 26.7. The lowest BCUT2D eigenvalue weighted by atomic mass is 9.95. The molecule has 0 atom stereocenters. The molecule has 0 aliphatic heterocycles. The van der Waals surface area contributed by atoms with E-state index in [0.29, 0.717) is 13.1 Å². The van der Waals surface area contributed by atoms with Crippen LogP contribution in [0.25, 0.3) is 33.0 Å². The van der Waals surface area contributed by atoms with Crippen LogP contribution in [0.5, 0.6) is 0 Å². The second kappa shape index (κ2) is 16.2. The Hall–Kier alpha value is -6.95. The van der Waals surface area contributed by atoms with Crippen LogP contribution in [-0.2, 0) is 13.1 Å². The third-order valence-corrected chi connectivity index (χ3v) is 9.47. The van der Waals surface area contributed by atoms with E-state index in [0.717, 1.165) is 78.3 Å². The number of rotatable bonds is 11. The zero-order chi connectivity index (χ0) is 36.5. The van der Waals surface area contributed by atoms with Gasteiger partial charge in [-0.05, 0) is 75.5 Å². The van der Waals surface area contributed by atoms with E-state index in [1.165, 1.54) is 0 Å². The molecule has 0 aliphatic rings. The zero-order valence-electron chi connectivity index (χ0n) is 29.9. The molecule has 8 rings (SSSR count). The normalized spacial score (nSPS) is 11.3. The lowest BCUT2D eigenvalue weighted by Gasteiger charge is -2.22. The molecular formula is C49H41N5. The van der Waals surface area contributed by atoms with Crippen molar-refractivity contribution in [3.8, 4) is 22.3 Å². The van der Waals surface area contributed by atoms with Gasteiger partial charge in [0.15, 0.2) is 0 Å². The van der Waals surface area contributed by atoms with Gasteiger partial charge >= 0.3 is 0 Å². The minimum Gasteiger partial charge on any atom is -0.355 e. The first kappa shape index (κ1) is 34.2. The van der Waals surface area contributed by atoms with Crippen LogP contribution in [-0.4, -0.2) is 10.8 Å². The summed E-state index contributed by atoms with van der Waals surface area (Å²) in [5.41, 5.74) is 11.8. The van der Waals surface area contributed by atoms with Crippen LogP contribution in [0.1, 0.15) is 16.7 Å². The van der Waals surface area contributed by atoms with Crippen LogP contribution < -0.4 is 16.5 Å². The molecule has 0 saturated heterocycles. The summed E-state index contributed by atoms with van der Waals surface area (Å²) in [6.07, 6.45) is 0. The lowest BCUT2D eigenvalue weighted by Crippen LogP contribution is -2.37. The molecule has 0 amide bonds. The van der Waals surface area contributed by atoms with Crippen molar-refractivity contribution in [3.05, 3.63) is 217 Å². The number of nitrogens with zero attached hydrogens (tertiary/aromatic N) is 2. The SMILES string of the molecule is NN(Cc1ccc2cc(Nc3cc(Nc4ccccc4)c(-c4ccccc4)cc3-c3ccccc3)ccc2c1)/C(=N\Cc1ccccc1)c1ccccc1. The van der Waals surface area contributed by atoms with E-state index in [1.54, 1.807) is 5.01 Å². The summed E-state index contributed by atoms with van der Waals surface area (Å²) in [6, 6.07) is 69.4. The summed E-state index contributed by atoms with van der Waals surface area (Å²) in [4.78, 5) is 4.96. The fourth-order valence-electron chi connectivity index (χ4n) is 6.78. The first-order valence-electron chi connectivity index (χ1n) is 18.2. The highest BCUT2D eigenvalue weighted by molar-refractivity contribution is 5.98. The van der Waals surface area contributed by atoms with E-state index in [1.807, 2.05) is 42.5 Å². The smallest absolute Gasteiger partial charge is 0.145 e. The number of benzene rings is 8. The predicted molar refractivity (Wildman–Crippen MR) is 227 cm³/mol. The molecule has 8 aromatic rings. The van der Waals surface area contributed by atoms with Crippen molar-refractivity contribution in [1.82, 2.24) is 5.01 Å². The highest BCUT2D eigenvalue weighted by Crippen LogP contribution is 2.41. The largest absolute Gasteiger partial charge is 0.355 e. The molecule has 0 spiro atoms. The van der Waals surface area contributed by atoms with Crippen LogP contribution >= 0.6 is 0 Å². The molecule has 0 fully saturated rings. The van der Waals surface area contributed by atoms with Crippen molar-refractivity contribution in [2.24, 2.45) is 10.8 Å². The maximum atomic E-state index is 6.76. The number of hydrazine groups is 1. The van der Waals surface area contributed by atoms with E-state index in [-0.39, 0.29) is 0 Å². The molecular weight excluding hydrogens is 659 g/mol. The minimum absolute atomic E-state index is 0.518. The van der Waals surface area contributed by atoms with E-state index in [9.17, 15) is 0 Å². The third kappa shape index (κ3) is 8.07. The highest BCUT2D eigenvalue weighted by Gasteiger charge is 2.15. The number of nitrogens with one attached hydrogen (secondary N) is 2. The van der Waals surface area contributed by atoms with E-state index in [2.05, 4.69) is 168 Å². The van der Waals surface area contributed by atoms with Crippen molar-refractivity contribution in [1.29, 1.82) is 0 Å². The molecule has 0 radical (unpaired) electrons. The Balaban J connectivity index is 1.10. The van der Waals surface area contributed by atoms with Crippen LogP contribution in [0.15, 0.2) is 205 Å². The Kier molecular flexibility index (Phi) is 10.2. The Bertz CT molecular complexity index is 2480. The first-order valence-corrected chi connectivity index (χ1v) is 18.2. The van der Waals surface area contributed by atoms with Gasteiger partial charge < -0.3 is 10.6 Å². The number of aliphatic imine (C=N–C) groups is 1. The molecule has 0 bridgehead atoms. The Morgan fingerprint density at radius 1 is 0.463 bits per heavy atom. The fraction of sp³-hybridized carbons (Fsp3) is 0.0408. The highest BCUT2D eigenvalue weighted by atomic mass is 15.4. The van der Waals surface area contributed by atoms with Gasteiger partial charge in [0.05, 0.1) is 13.1 Å².